The number of aliphatic carboxylic acids is 1. The van der Waals surface area contributed by atoms with Crippen molar-refractivity contribution in [2.24, 2.45) is 5.92 Å². The molecule has 1 fully saturated rings. The molecule has 0 spiro atoms. The highest BCUT2D eigenvalue weighted by atomic mass is 16.4. The molecule has 18 heavy (non-hydrogen) atoms. The van der Waals surface area contributed by atoms with Crippen LogP contribution >= 0.6 is 0 Å². The second-order valence-electron chi connectivity index (χ2n) is 5.52. The van der Waals surface area contributed by atoms with Gasteiger partial charge in [0, 0.05) is 12.5 Å². The zero-order chi connectivity index (χ0) is 12.9. The molecule has 1 aliphatic carbocycles. The van der Waals surface area contributed by atoms with Crippen LogP contribution in [0.4, 0.5) is 0 Å². The van der Waals surface area contributed by atoms with E-state index in [4.69, 9.17) is 0 Å². The number of carboxylic acid groups (broad SMARTS) is 1. The van der Waals surface area contributed by atoms with E-state index >= 15 is 0 Å². The highest BCUT2D eigenvalue weighted by molar-refractivity contribution is 5.75. The molecule has 2 bridgehead atoms. The van der Waals surface area contributed by atoms with Crippen molar-refractivity contribution in [3.63, 3.8) is 0 Å². The summed E-state index contributed by atoms with van der Waals surface area (Å²) < 4.78 is 0. The van der Waals surface area contributed by atoms with Crippen molar-refractivity contribution < 1.29 is 15.0 Å². The molecule has 96 valence electrons. The Bertz CT molecular complexity index is 500. The first kappa shape index (κ1) is 11.5. The summed E-state index contributed by atoms with van der Waals surface area (Å²) in [6.07, 6.45) is 1.88. The molecule has 2 aliphatic rings. The summed E-state index contributed by atoms with van der Waals surface area (Å²) in [6.45, 7) is 0.822. The maximum atomic E-state index is 11.5. The highest BCUT2D eigenvalue weighted by Gasteiger charge is 2.43. The molecule has 0 saturated carbocycles. The van der Waals surface area contributed by atoms with Crippen LogP contribution in [0.2, 0.25) is 0 Å². The normalized spacial score (nSPS) is 30.8. The Morgan fingerprint density at radius 1 is 1.44 bits per heavy atom. The van der Waals surface area contributed by atoms with Gasteiger partial charge in [0.2, 0.25) is 0 Å². The molecule has 1 aliphatic heterocycles. The maximum Gasteiger partial charge on any atom is 0.321 e. The van der Waals surface area contributed by atoms with Crippen LogP contribution in [0.3, 0.4) is 0 Å². The van der Waals surface area contributed by atoms with Crippen molar-refractivity contribution in [1.82, 2.24) is 4.90 Å². The van der Waals surface area contributed by atoms with Gasteiger partial charge in [-0.2, -0.15) is 0 Å². The number of benzene rings is 1. The fourth-order valence-corrected chi connectivity index (χ4v) is 3.64. The lowest BCUT2D eigenvalue weighted by Gasteiger charge is -2.45. The van der Waals surface area contributed by atoms with Gasteiger partial charge in [-0.1, -0.05) is 6.07 Å². The van der Waals surface area contributed by atoms with Crippen LogP contribution in [0, 0.1) is 5.92 Å². The molecule has 4 nitrogen and oxygen atoms in total. The van der Waals surface area contributed by atoms with E-state index in [-0.39, 0.29) is 11.7 Å². The predicted molar refractivity (Wildman–Crippen MR) is 66.7 cm³/mol. The average Bonchev–Trinajstić information content (AvgIpc) is 2.27. The second-order valence-corrected chi connectivity index (χ2v) is 5.52. The number of phenols is 1. The van der Waals surface area contributed by atoms with E-state index in [9.17, 15) is 15.0 Å². The molecule has 0 radical (unpaired) electrons. The van der Waals surface area contributed by atoms with E-state index in [0.717, 1.165) is 30.5 Å². The Balaban J connectivity index is 2.06. The van der Waals surface area contributed by atoms with Crippen molar-refractivity contribution in [2.45, 2.75) is 24.8 Å². The first-order chi connectivity index (χ1) is 8.56. The number of rotatable bonds is 1. The smallest absolute Gasteiger partial charge is 0.321 e. The van der Waals surface area contributed by atoms with Crippen LogP contribution < -0.4 is 0 Å². The summed E-state index contributed by atoms with van der Waals surface area (Å²) in [5.41, 5.74) is 2.22. The average molecular weight is 247 g/mol. The van der Waals surface area contributed by atoms with Crippen LogP contribution in [0.5, 0.6) is 5.75 Å². The van der Waals surface area contributed by atoms with E-state index < -0.39 is 12.0 Å². The summed E-state index contributed by atoms with van der Waals surface area (Å²) >= 11 is 0. The molecule has 1 heterocycles. The lowest BCUT2D eigenvalue weighted by atomic mass is 9.70. The summed E-state index contributed by atoms with van der Waals surface area (Å²) in [6, 6.07) is 4.90. The quantitative estimate of drug-likeness (QED) is 0.788. The molecule has 3 rings (SSSR count). The lowest BCUT2D eigenvalue weighted by molar-refractivity contribution is -0.145. The molecule has 1 saturated heterocycles. The van der Waals surface area contributed by atoms with Crippen LogP contribution in [0.15, 0.2) is 18.2 Å². The number of nitrogens with zero attached hydrogens (tertiary/aromatic N) is 1. The summed E-state index contributed by atoms with van der Waals surface area (Å²) in [5.74, 6) is 0.0799. The first-order valence-corrected chi connectivity index (χ1v) is 6.31. The van der Waals surface area contributed by atoms with E-state index in [1.807, 2.05) is 18.0 Å². The number of fused-ring (bicyclic) bond motifs is 4. The lowest BCUT2D eigenvalue weighted by Crippen LogP contribution is -2.52. The summed E-state index contributed by atoms with van der Waals surface area (Å²) in [7, 11) is 1.89. The molecular formula is C14H17NO3. The number of phenolic OH excluding ortho intramolecular Hbond substituents is 1. The fourth-order valence-electron chi connectivity index (χ4n) is 3.64. The van der Waals surface area contributed by atoms with Crippen molar-refractivity contribution in [1.29, 1.82) is 0 Å². The van der Waals surface area contributed by atoms with Gasteiger partial charge in [-0.3, -0.25) is 9.69 Å². The van der Waals surface area contributed by atoms with Gasteiger partial charge in [0.1, 0.15) is 11.8 Å². The highest BCUT2D eigenvalue weighted by Crippen LogP contribution is 2.43. The van der Waals surface area contributed by atoms with Gasteiger partial charge in [0.15, 0.2) is 0 Å². The number of hydrogen-bond acceptors (Lipinski definition) is 3. The van der Waals surface area contributed by atoms with Gasteiger partial charge in [-0.25, -0.2) is 0 Å². The Hall–Kier alpha value is -1.55. The Morgan fingerprint density at radius 3 is 2.94 bits per heavy atom. The van der Waals surface area contributed by atoms with Crippen LogP contribution in [-0.4, -0.2) is 40.7 Å². The van der Waals surface area contributed by atoms with Crippen LogP contribution in [0.25, 0.3) is 0 Å². The number of likely N-dealkylation sites (tertiary alicyclic amines) is 1. The second kappa shape index (κ2) is 3.99. The van der Waals surface area contributed by atoms with Crippen molar-refractivity contribution in [2.75, 3.05) is 13.6 Å². The number of hydrogen-bond donors (Lipinski definition) is 2. The molecule has 3 atom stereocenters. The molecule has 0 amide bonds. The number of carbonyl (C=O) groups is 1. The minimum absolute atomic E-state index is 0.0515. The molecular weight excluding hydrogens is 230 g/mol. The van der Waals surface area contributed by atoms with Gasteiger partial charge in [-0.15, -0.1) is 0 Å². The van der Waals surface area contributed by atoms with Gasteiger partial charge >= 0.3 is 5.97 Å². The molecule has 4 heteroatoms. The molecule has 1 aromatic rings. The molecule has 2 N–H and O–H groups in total. The van der Waals surface area contributed by atoms with Crippen molar-refractivity contribution in [3.05, 3.63) is 29.3 Å². The minimum Gasteiger partial charge on any atom is -0.508 e. The Labute approximate surface area is 106 Å². The standard InChI is InChI=1S/C14H17NO3/c1-15-7-8-4-9-6-10(16)2-3-11(9)12(5-8)13(15)14(17)18/h2-3,6,8,12-13,16H,4-5,7H2,1H3,(H,17,18)/t8?,12?,13-/m0/s1. The zero-order valence-electron chi connectivity index (χ0n) is 10.3. The van der Waals surface area contributed by atoms with Gasteiger partial charge < -0.3 is 10.2 Å². The van der Waals surface area contributed by atoms with E-state index in [0.29, 0.717) is 5.92 Å². The fraction of sp³-hybridized carbons (Fsp3) is 0.500. The molecule has 2 unspecified atom stereocenters. The van der Waals surface area contributed by atoms with E-state index in [2.05, 4.69) is 0 Å². The topological polar surface area (TPSA) is 60.8 Å². The van der Waals surface area contributed by atoms with Crippen molar-refractivity contribution >= 4 is 5.97 Å². The minimum atomic E-state index is -0.748. The SMILES string of the molecule is CN1CC2Cc3cc(O)ccc3C(C2)[C@H]1C(=O)O. The zero-order valence-corrected chi connectivity index (χ0v) is 10.3. The monoisotopic (exact) mass is 247 g/mol. The summed E-state index contributed by atoms with van der Waals surface area (Å²) in [5, 5.41) is 19.0. The maximum absolute atomic E-state index is 11.5. The Kier molecular flexibility index (Phi) is 2.55. The number of likely N-dealkylation sites (N-methyl/N-ethyl adjacent to an activating group) is 1. The third-order valence-electron chi connectivity index (χ3n) is 4.28. The van der Waals surface area contributed by atoms with E-state index in [1.54, 1.807) is 12.1 Å². The predicted octanol–water partition coefficient (Wildman–Crippen LogP) is 1.44. The van der Waals surface area contributed by atoms with Crippen LogP contribution in [0.1, 0.15) is 23.5 Å². The largest absolute Gasteiger partial charge is 0.508 e. The summed E-state index contributed by atoms with van der Waals surface area (Å²) in [4.78, 5) is 13.4. The number of piperidine rings is 1. The van der Waals surface area contributed by atoms with Gasteiger partial charge in [0.05, 0.1) is 0 Å². The first-order valence-electron chi connectivity index (χ1n) is 6.31. The third-order valence-corrected chi connectivity index (χ3v) is 4.28. The van der Waals surface area contributed by atoms with E-state index in [1.165, 1.54) is 0 Å². The Morgan fingerprint density at radius 2 is 2.22 bits per heavy atom. The molecule has 0 aromatic heterocycles. The molecule has 1 aromatic carbocycles. The van der Waals surface area contributed by atoms with Crippen LogP contribution in [-0.2, 0) is 11.2 Å². The third kappa shape index (κ3) is 1.68. The van der Waals surface area contributed by atoms with Gasteiger partial charge in [-0.05, 0) is 49.1 Å². The number of aromatic hydroxyl groups is 1. The van der Waals surface area contributed by atoms with Gasteiger partial charge in [0.25, 0.3) is 0 Å². The number of carboxylic acids is 1. The van der Waals surface area contributed by atoms with Crippen molar-refractivity contribution in [3.8, 4) is 5.75 Å².